The standard InChI is InChI=1S/C33H37F3NO5PS/c1-22(38)23-10-12-24(13-11-23)31(39)37-19-18-32(21-37,44(40,41)27-6-3-2-4-7-27)25-14-16-26(17-15-25)42-20-28-29(33(35,36)43)8-5-9-30(28)34/h2-4,6-8,14-17,23-24,38H,1,5,9-13,18-21,43H2. The molecule has 1 saturated carbocycles. The fraction of sp³-hybridized carbons (Fsp3) is 0.424. The van der Waals surface area contributed by atoms with E-state index in [1.807, 2.05) is 0 Å². The highest BCUT2D eigenvalue weighted by atomic mass is 32.2. The van der Waals surface area contributed by atoms with Gasteiger partial charge in [0.1, 0.15) is 22.9 Å². The van der Waals surface area contributed by atoms with E-state index in [-0.39, 0.29) is 72.1 Å². The third-order valence-electron chi connectivity index (χ3n) is 9.15. The van der Waals surface area contributed by atoms with Crippen LogP contribution in [-0.2, 0) is 19.4 Å². The average Bonchev–Trinajstić information content (AvgIpc) is 3.48. The Balaban J connectivity index is 1.39. The van der Waals surface area contributed by atoms with E-state index in [9.17, 15) is 31.5 Å². The normalized spacial score (nSPS) is 24.6. The topological polar surface area (TPSA) is 83.9 Å². The molecule has 2 aromatic rings. The molecule has 0 spiro atoms. The summed E-state index contributed by atoms with van der Waals surface area (Å²) in [5.41, 5.74) is -3.42. The summed E-state index contributed by atoms with van der Waals surface area (Å²) >= 11 is 0. The van der Waals surface area contributed by atoms with Crippen molar-refractivity contribution >= 4 is 25.0 Å². The summed E-state index contributed by atoms with van der Waals surface area (Å²) in [5, 5.41) is 9.76. The maximum absolute atomic E-state index is 14.5. The van der Waals surface area contributed by atoms with Crippen molar-refractivity contribution in [3.05, 3.63) is 95.5 Å². The monoisotopic (exact) mass is 647 g/mol. The summed E-state index contributed by atoms with van der Waals surface area (Å²) in [6.07, 6.45) is 4.21. The third kappa shape index (κ3) is 6.34. The first-order chi connectivity index (χ1) is 20.8. The van der Waals surface area contributed by atoms with Crippen LogP contribution in [0.3, 0.4) is 0 Å². The van der Waals surface area contributed by atoms with Gasteiger partial charge >= 0.3 is 0 Å². The average molecular weight is 648 g/mol. The maximum atomic E-state index is 14.5. The molecule has 6 nitrogen and oxygen atoms in total. The Morgan fingerprint density at radius 3 is 2.32 bits per heavy atom. The molecule has 2 fully saturated rings. The molecule has 0 bridgehead atoms. The van der Waals surface area contributed by atoms with Gasteiger partial charge in [0.05, 0.1) is 10.7 Å². The number of amides is 1. The van der Waals surface area contributed by atoms with E-state index in [4.69, 9.17) is 4.74 Å². The highest BCUT2D eigenvalue weighted by Crippen LogP contribution is 2.45. The van der Waals surface area contributed by atoms with Gasteiger partial charge in [0, 0.05) is 42.5 Å². The van der Waals surface area contributed by atoms with Crippen LogP contribution in [0.15, 0.2) is 94.9 Å². The highest BCUT2D eigenvalue weighted by molar-refractivity contribution is 7.92. The minimum atomic E-state index is -3.97. The number of halogens is 3. The molecule has 2 unspecified atom stereocenters. The van der Waals surface area contributed by atoms with E-state index in [0.29, 0.717) is 31.2 Å². The number of rotatable bonds is 9. The number of ether oxygens (including phenoxy) is 1. The zero-order valence-corrected chi connectivity index (χ0v) is 26.3. The molecule has 1 aliphatic heterocycles. The molecule has 2 atom stereocenters. The molecule has 5 rings (SSSR count). The maximum Gasteiger partial charge on any atom is 0.284 e. The van der Waals surface area contributed by atoms with Crippen molar-refractivity contribution in [1.29, 1.82) is 0 Å². The van der Waals surface area contributed by atoms with Crippen molar-refractivity contribution in [3.8, 4) is 5.75 Å². The summed E-state index contributed by atoms with van der Waals surface area (Å²) in [6, 6.07) is 14.5. The molecule has 1 N–H and O–H groups in total. The van der Waals surface area contributed by atoms with Crippen LogP contribution in [0, 0.1) is 11.8 Å². The van der Waals surface area contributed by atoms with Gasteiger partial charge in [0.25, 0.3) is 5.66 Å². The van der Waals surface area contributed by atoms with Gasteiger partial charge in [-0.05, 0) is 68.4 Å². The molecular weight excluding hydrogens is 610 g/mol. The number of carbonyl (C=O) groups excluding carboxylic acids is 1. The Bertz CT molecular complexity index is 1560. The van der Waals surface area contributed by atoms with Crippen LogP contribution in [-0.4, -0.2) is 49.7 Å². The number of allylic oxidation sites excluding steroid dienone is 3. The van der Waals surface area contributed by atoms with Gasteiger partial charge in [-0.2, -0.15) is 8.78 Å². The second-order valence-corrected chi connectivity index (χ2v) is 14.8. The fourth-order valence-electron chi connectivity index (χ4n) is 6.60. The van der Waals surface area contributed by atoms with Gasteiger partial charge in [0.2, 0.25) is 5.91 Å². The Labute approximate surface area is 258 Å². The summed E-state index contributed by atoms with van der Waals surface area (Å²) in [7, 11) is -2.54. The third-order valence-corrected chi connectivity index (χ3v) is 11.9. The number of likely N-dealkylation sites (tertiary alicyclic amines) is 1. The Hall–Kier alpha value is -3.10. The largest absolute Gasteiger partial charge is 0.513 e. The smallest absolute Gasteiger partial charge is 0.284 e. The van der Waals surface area contributed by atoms with Crippen LogP contribution >= 0.6 is 9.24 Å². The number of nitrogens with zero attached hydrogens (tertiary/aromatic N) is 1. The van der Waals surface area contributed by atoms with Crippen LogP contribution in [0.25, 0.3) is 0 Å². The molecule has 2 aromatic carbocycles. The molecule has 1 saturated heterocycles. The van der Waals surface area contributed by atoms with Crippen LogP contribution in [0.1, 0.15) is 50.5 Å². The van der Waals surface area contributed by atoms with Crippen LogP contribution < -0.4 is 4.74 Å². The van der Waals surface area contributed by atoms with Crippen LogP contribution in [0.5, 0.6) is 5.75 Å². The molecule has 2 aliphatic carbocycles. The van der Waals surface area contributed by atoms with Gasteiger partial charge in [-0.25, -0.2) is 12.8 Å². The lowest BCUT2D eigenvalue weighted by Gasteiger charge is -2.32. The van der Waals surface area contributed by atoms with Gasteiger partial charge in [0.15, 0.2) is 9.84 Å². The number of alkyl halides is 2. The van der Waals surface area contributed by atoms with E-state index in [0.717, 1.165) is 0 Å². The van der Waals surface area contributed by atoms with Crippen molar-refractivity contribution < 1.29 is 36.2 Å². The van der Waals surface area contributed by atoms with E-state index in [1.165, 1.54) is 15.3 Å². The first-order valence-electron chi connectivity index (χ1n) is 14.8. The molecule has 44 heavy (non-hydrogen) atoms. The Morgan fingerprint density at radius 2 is 1.70 bits per heavy atom. The van der Waals surface area contributed by atoms with Gasteiger partial charge < -0.3 is 14.7 Å². The van der Waals surface area contributed by atoms with E-state index in [2.05, 4.69) is 6.58 Å². The lowest BCUT2D eigenvalue weighted by atomic mass is 9.80. The molecule has 11 heteroatoms. The van der Waals surface area contributed by atoms with Gasteiger partial charge in [-0.3, -0.25) is 4.79 Å². The molecule has 0 aromatic heterocycles. The second kappa shape index (κ2) is 12.7. The molecule has 1 amide bonds. The number of carbonyl (C=O) groups is 1. The predicted octanol–water partition coefficient (Wildman–Crippen LogP) is 7.26. The van der Waals surface area contributed by atoms with Crippen molar-refractivity contribution in [1.82, 2.24) is 4.90 Å². The number of benzene rings is 2. The van der Waals surface area contributed by atoms with Crippen molar-refractivity contribution in [2.45, 2.75) is 60.3 Å². The molecule has 3 aliphatic rings. The summed E-state index contributed by atoms with van der Waals surface area (Å²) in [6.45, 7) is 3.47. The Morgan fingerprint density at radius 1 is 1.07 bits per heavy atom. The summed E-state index contributed by atoms with van der Waals surface area (Å²) in [4.78, 5) is 15.4. The number of hydrogen-bond donors (Lipinski definition) is 1. The minimum absolute atomic E-state index is 0.0224. The van der Waals surface area contributed by atoms with Gasteiger partial charge in [-0.1, -0.05) is 52.2 Å². The molecule has 0 radical (unpaired) electrons. The van der Waals surface area contributed by atoms with E-state index < -0.39 is 38.3 Å². The molecular formula is C33H37F3NO5PS. The van der Waals surface area contributed by atoms with Crippen LogP contribution in [0.2, 0.25) is 0 Å². The SMILES string of the molecule is C=C(O)C1CCC(C(=O)N2CCC(c3ccc(OCC4=C(F)CCC=C4C(F)(F)P)cc3)(S(=O)(=O)c3ccccc3)C2)CC1. The Kier molecular flexibility index (Phi) is 9.34. The van der Waals surface area contributed by atoms with Crippen LogP contribution in [0.4, 0.5) is 13.2 Å². The molecule has 1 heterocycles. The highest BCUT2D eigenvalue weighted by Gasteiger charge is 2.52. The fourth-order valence-corrected chi connectivity index (χ4v) is 9.00. The first-order valence-corrected chi connectivity index (χ1v) is 16.8. The number of sulfone groups is 1. The summed E-state index contributed by atoms with van der Waals surface area (Å²) in [5.74, 6) is -0.598. The van der Waals surface area contributed by atoms with E-state index in [1.54, 1.807) is 59.5 Å². The summed E-state index contributed by atoms with van der Waals surface area (Å²) < 4.78 is 75.5. The lowest BCUT2D eigenvalue weighted by molar-refractivity contribution is -0.135. The number of hydrogen-bond acceptors (Lipinski definition) is 5. The minimum Gasteiger partial charge on any atom is -0.513 e. The molecule has 236 valence electrons. The number of aliphatic hydroxyl groups excluding tert-OH is 1. The van der Waals surface area contributed by atoms with Crippen molar-refractivity contribution in [3.63, 3.8) is 0 Å². The van der Waals surface area contributed by atoms with E-state index >= 15 is 0 Å². The van der Waals surface area contributed by atoms with Crippen molar-refractivity contribution in [2.24, 2.45) is 11.8 Å². The van der Waals surface area contributed by atoms with Crippen molar-refractivity contribution in [2.75, 3.05) is 19.7 Å². The zero-order chi connectivity index (χ0) is 31.7. The predicted molar refractivity (Wildman–Crippen MR) is 166 cm³/mol. The lowest BCUT2D eigenvalue weighted by Crippen LogP contribution is -2.42. The zero-order valence-electron chi connectivity index (χ0n) is 24.4. The first kappa shape index (κ1) is 32.3. The second-order valence-electron chi connectivity index (χ2n) is 11.8. The quantitative estimate of drug-likeness (QED) is 0.229. The number of aliphatic hydroxyl groups is 1. The van der Waals surface area contributed by atoms with Gasteiger partial charge in [-0.15, -0.1) is 0 Å².